The molecule has 0 spiro atoms. The summed E-state index contributed by atoms with van der Waals surface area (Å²) >= 11 is 0. The molecule has 0 saturated carbocycles. The Morgan fingerprint density at radius 3 is 2.51 bits per heavy atom. The Morgan fingerprint density at radius 2 is 1.74 bits per heavy atom. The van der Waals surface area contributed by atoms with E-state index in [2.05, 4.69) is 25.9 Å². The zero-order valence-corrected chi connectivity index (χ0v) is 23.6. The van der Waals surface area contributed by atoms with E-state index in [1.807, 2.05) is 0 Å². The van der Waals surface area contributed by atoms with E-state index < -0.39 is 5.82 Å². The molecule has 2 amide bonds. The predicted octanol–water partition coefficient (Wildman–Crippen LogP) is 4.26. The smallest absolute Gasteiger partial charge is 0.225 e. The lowest BCUT2D eigenvalue weighted by Crippen LogP contribution is -2.26. The minimum atomic E-state index is -0.604. The van der Waals surface area contributed by atoms with Crippen molar-refractivity contribution < 1.29 is 23.6 Å². The van der Waals surface area contributed by atoms with Crippen LogP contribution in [-0.2, 0) is 9.59 Å². The number of fused-ring (bicyclic) bond motifs is 1. The molecule has 43 heavy (non-hydrogen) atoms. The van der Waals surface area contributed by atoms with Gasteiger partial charge < -0.3 is 27.4 Å². The number of carbonyl (C=O) groups excluding carboxylic acids is 4. The van der Waals surface area contributed by atoms with Gasteiger partial charge in [-0.2, -0.15) is 0 Å². The van der Waals surface area contributed by atoms with Crippen LogP contribution in [0, 0.1) is 12.7 Å². The molecule has 0 radical (unpaired) electrons. The molecular formula is C31H32FN7O4. The van der Waals surface area contributed by atoms with Crippen molar-refractivity contribution in [3.63, 3.8) is 0 Å². The Labute approximate surface area is 247 Å². The Bertz CT molecular complexity index is 1690. The van der Waals surface area contributed by atoms with Gasteiger partial charge in [0.2, 0.25) is 11.8 Å². The number of nitrogens with zero attached hydrogens (tertiary/aromatic N) is 2. The molecule has 12 heteroatoms. The van der Waals surface area contributed by atoms with Crippen LogP contribution in [0.4, 0.5) is 27.3 Å². The van der Waals surface area contributed by atoms with Crippen molar-refractivity contribution in [1.82, 2.24) is 15.3 Å². The van der Waals surface area contributed by atoms with Gasteiger partial charge in [-0.25, -0.2) is 9.37 Å². The zero-order valence-electron chi connectivity index (χ0n) is 23.6. The molecule has 4 rings (SSSR count). The molecule has 7 N–H and O–H groups in total. The molecule has 2 heterocycles. The van der Waals surface area contributed by atoms with Crippen LogP contribution in [0.15, 0.2) is 48.9 Å². The maximum atomic E-state index is 15.1. The second kappa shape index (κ2) is 14.0. The van der Waals surface area contributed by atoms with E-state index in [-0.39, 0.29) is 41.7 Å². The van der Waals surface area contributed by atoms with Gasteiger partial charge in [0.1, 0.15) is 5.82 Å². The van der Waals surface area contributed by atoms with Crippen molar-refractivity contribution in [1.29, 1.82) is 0 Å². The molecule has 0 unspecified atom stereocenters. The second-order valence-electron chi connectivity index (χ2n) is 9.92. The third kappa shape index (κ3) is 7.28. The van der Waals surface area contributed by atoms with Crippen molar-refractivity contribution in [3.8, 4) is 11.1 Å². The number of hydrogen-bond donors (Lipinski definition) is 5. The lowest BCUT2D eigenvalue weighted by Gasteiger charge is -2.13. The lowest BCUT2D eigenvalue weighted by atomic mass is 9.97. The minimum absolute atomic E-state index is 0.0701. The number of benzene rings is 2. The molecule has 2 aromatic carbocycles. The molecule has 2 aromatic heterocycles. The summed E-state index contributed by atoms with van der Waals surface area (Å²) in [5.41, 5.74) is 15.0. The van der Waals surface area contributed by atoms with E-state index in [4.69, 9.17) is 11.5 Å². The highest BCUT2D eigenvalue weighted by molar-refractivity contribution is 6.00. The van der Waals surface area contributed by atoms with Gasteiger partial charge in [-0.3, -0.25) is 24.2 Å². The maximum absolute atomic E-state index is 15.1. The van der Waals surface area contributed by atoms with E-state index in [1.165, 1.54) is 18.6 Å². The fourth-order valence-electron chi connectivity index (χ4n) is 4.59. The van der Waals surface area contributed by atoms with Crippen LogP contribution in [0.5, 0.6) is 0 Å². The highest BCUT2D eigenvalue weighted by Crippen LogP contribution is 2.36. The summed E-state index contributed by atoms with van der Waals surface area (Å²) in [5.74, 6) is -0.846. The van der Waals surface area contributed by atoms with Crippen molar-refractivity contribution in [2.75, 3.05) is 35.2 Å². The number of nitrogens with two attached hydrogens (primary N) is 2. The number of halogens is 1. The molecular weight excluding hydrogens is 553 g/mol. The van der Waals surface area contributed by atoms with Gasteiger partial charge in [-0.15, -0.1) is 0 Å². The normalized spacial score (nSPS) is 10.7. The molecule has 11 nitrogen and oxygen atoms in total. The van der Waals surface area contributed by atoms with Gasteiger partial charge >= 0.3 is 0 Å². The number of pyridine rings is 2. The summed E-state index contributed by atoms with van der Waals surface area (Å²) in [6, 6.07) is 8.18. The van der Waals surface area contributed by atoms with Crippen LogP contribution in [0.2, 0.25) is 0 Å². The molecule has 0 aliphatic rings. The lowest BCUT2D eigenvalue weighted by molar-refractivity contribution is -0.121. The van der Waals surface area contributed by atoms with E-state index in [1.54, 1.807) is 37.3 Å². The SMILES string of the molecule is Cc1c(N)cncc1-c1cc2cc(NC(=O)CCCC(=O)NCCCNc3cccc(C=O)c3C=O)ncc2c(N)c1F. The number of aldehydes is 2. The second-order valence-corrected chi connectivity index (χ2v) is 9.92. The minimum Gasteiger partial charge on any atom is -0.397 e. The molecule has 0 aliphatic heterocycles. The number of rotatable bonds is 13. The molecule has 0 fully saturated rings. The average Bonchev–Trinajstić information content (AvgIpc) is 3.00. The fraction of sp³-hybridized carbons (Fsp3) is 0.226. The highest BCUT2D eigenvalue weighted by Gasteiger charge is 2.17. The molecule has 222 valence electrons. The van der Waals surface area contributed by atoms with E-state index in [9.17, 15) is 19.2 Å². The first-order chi connectivity index (χ1) is 20.7. The van der Waals surface area contributed by atoms with Gasteiger partial charge in [0, 0.05) is 71.7 Å². The van der Waals surface area contributed by atoms with Gasteiger partial charge in [-0.1, -0.05) is 12.1 Å². The number of amides is 2. The van der Waals surface area contributed by atoms with Crippen molar-refractivity contribution >= 4 is 58.0 Å². The zero-order chi connectivity index (χ0) is 30.9. The fourth-order valence-corrected chi connectivity index (χ4v) is 4.59. The number of aromatic nitrogens is 2. The van der Waals surface area contributed by atoms with Crippen molar-refractivity contribution in [3.05, 3.63) is 71.4 Å². The quantitative estimate of drug-likeness (QED) is 0.0869. The van der Waals surface area contributed by atoms with Crippen molar-refractivity contribution in [2.45, 2.75) is 32.6 Å². The number of nitrogen functional groups attached to an aromatic ring is 2. The summed E-state index contributed by atoms with van der Waals surface area (Å²) in [6.45, 7) is 2.66. The van der Waals surface area contributed by atoms with Crippen LogP contribution in [0.25, 0.3) is 21.9 Å². The first-order valence-corrected chi connectivity index (χ1v) is 13.7. The Balaban J connectivity index is 1.25. The molecule has 0 saturated heterocycles. The van der Waals surface area contributed by atoms with Gasteiger partial charge in [-0.05, 0) is 48.9 Å². The number of nitrogens with one attached hydrogen (secondary N) is 3. The van der Waals surface area contributed by atoms with Crippen LogP contribution < -0.4 is 27.4 Å². The Morgan fingerprint density at radius 1 is 0.953 bits per heavy atom. The predicted molar refractivity (Wildman–Crippen MR) is 164 cm³/mol. The average molecular weight is 586 g/mol. The first kappa shape index (κ1) is 30.6. The van der Waals surface area contributed by atoms with Crippen LogP contribution in [-0.4, -0.2) is 47.4 Å². The summed E-state index contributed by atoms with van der Waals surface area (Å²) in [5, 5.41) is 9.58. The molecule has 4 aromatic rings. The largest absolute Gasteiger partial charge is 0.397 e. The summed E-state index contributed by atoms with van der Waals surface area (Å²) < 4.78 is 15.1. The van der Waals surface area contributed by atoms with Gasteiger partial charge in [0.25, 0.3) is 0 Å². The third-order valence-electron chi connectivity index (χ3n) is 6.99. The molecule has 0 bridgehead atoms. The first-order valence-electron chi connectivity index (χ1n) is 13.7. The Kier molecular flexibility index (Phi) is 9.94. The molecule has 0 aliphatic carbocycles. The van der Waals surface area contributed by atoms with Gasteiger partial charge in [0.15, 0.2) is 18.4 Å². The van der Waals surface area contributed by atoms with Gasteiger partial charge in [0.05, 0.1) is 17.6 Å². The number of carbonyl (C=O) groups is 4. The third-order valence-corrected chi connectivity index (χ3v) is 6.99. The van der Waals surface area contributed by atoms with Crippen LogP contribution in [0.1, 0.15) is 52.0 Å². The van der Waals surface area contributed by atoms with Crippen LogP contribution >= 0.6 is 0 Å². The summed E-state index contributed by atoms with van der Waals surface area (Å²) in [6.07, 6.45) is 6.85. The Hall–Kier alpha value is -5.39. The summed E-state index contributed by atoms with van der Waals surface area (Å²) in [4.78, 5) is 55.3. The molecule has 0 atom stereocenters. The van der Waals surface area contributed by atoms with E-state index in [0.717, 1.165) is 0 Å². The monoisotopic (exact) mass is 585 g/mol. The standard InChI is InChI=1S/C31H32FN7O4/c1-18-22(13-35-15-25(18)33)21-11-20-12-27(38-14-23(20)31(34)30(21)32)39-29(43)8-3-7-28(42)37-10-4-9-36-26-6-2-5-19(16-40)24(26)17-41/h2,5-6,11-17,36H,3-4,7-10,33-34H2,1H3,(H,37,42)(H,38,39,43). The highest BCUT2D eigenvalue weighted by atomic mass is 19.1. The topological polar surface area (TPSA) is 182 Å². The van der Waals surface area contributed by atoms with Crippen molar-refractivity contribution in [2.24, 2.45) is 0 Å². The maximum Gasteiger partial charge on any atom is 0.225 e. The van der Waals surface area contributed by atoms with E-state index in [0.29, 0.717) is 82.9 Å². The summed E-state index contributed by atoms with van der Waals surface area (Å²) in [7, 11) is 0. The van der Waals surface area contributed by atoms with E-state index >= 15 is 4.39 Å². The number of anilines is 4. The number of hydrogen-bond acceptors (Lipinski definition) is 9. The van der Waals surface area contributed by atoms with Crippen LogP contribution in [0.3, 0.4) is 0 Å².